The number of carbonyl (C=O) groups is 1. The van der Waals surface area contributed by atoms with Crippen LogP contribution in [0, 0.1) is 0 Å². The van der Waals surface area contributed by atoms with Crippen LogP contribution in [-0.4, -0.2) is 40.6 Å². The Balaban J connectivity index is 0.00000280. The number of rotatable bonds is 6. The van der Waals surface area contributed by atoms with Crippen molar-refractivity contribution in [2.75, 3.05) is 24.9 Å². The first-order valence-corrected chi connectivity index (χ1v) is 10.2. The van der Waals surface area contributed by atoms with E-state index in [4.69, 9.17) is 4.74 Å². The third-order valence-corrected chi connectivity index (χ3v) is 5.80. The molecule has 1 fully saturated rings. The summed E-state index contributed by atoms with van der Waals surface area (Å²) in [4.78, 5) is 12.4. The largest absolute Gasteiger partial charge is 0.497 e. The van der Waals surface area contributed by atoms with Gasteiger partial charge in [-0.05, 0) is 67.9 Å². The minimum Gasteiger partial charge on any atom is -0.497 e. The Bertz CT molecular complexity index is 880. The average Bonchev–Trinajstić information content (AvgIpc) is 2.69. The molecule has 7 nitrogen and oxygen atoms in total. The van der Waals surface area contributed by atoms with E-state index in [1.165, 1.54) is 24.3 Å². The molecule has 3 rings (SSSR count). The number of amides is 1. The molecule has 1 heterocycles. The molecule has 0 saturated carbocycles. The van der Waals surface area contributed by atoms with E-state index < -0.39 is 10.0 Å². The van der Waals surface area contributed by atoms with E-state index in [-0.39, 0.29) is 29.3 Å². The molecule has 0 spiro atoms. The lowest BCUT2D eigenvalue weighted by atomic mass is 10.1. The van der Waals surface area contributed by atoms with Gasteiger partial charge in [-0.15, -0.1) is 12.4 Å². The molecule has 0 unspecified atom stereocenters. The summed E-state index contributed by atoms with van der Waals surface area (Å²) in [5, 5.41) is 6.21. The summed E-state index contributed by atoms with van der Waals surface area (Å²) >= 11 is 0. The van der Waals surface area contributed by atoms with Crippen LogP contribution in [0.5, 0.6) is 5.75 Å². The van der Waals surface area contributed by atoms with Crippen molar-refractivity contribution in [3.8, 4) is 5.75 Å². The lowest BCUT2D eigenvalue weighted by molar-refractivity contribution is 0.0930. The molecule has 1 aliphatic rings. The molecular weight excluding hydrogens is 402 g/mol. The zero-order valence-corrected chi connectivity index (χ0v) is 17.1. The molecule has 152 valence electrons. The summed E-state index contributed by atoms with van der Waals surface area (Å²) in [6.07, 6.45) is 1.97. The van der Waals surface area contributed by atoms with Crippen molar-refractivity contribution in [3.63, 3.8) is 0 Å². The van der Waals surface area contributed by atoms with E-state index in [2.05, 4.69) is 15.4 Å². The fourth-order valence-electron chi connectivity index (χ4n) is 2.90. The van der Waals surface area contributed by atoms with E-state index in [1.54, 1.807) is 31.4 Å². The van der Waals surface area contributed by atoms with Gasteiger partial charge in [0.05, 0.1) is 12.0 Å². The molecule has 2 aromatic carbocycles. The summed E-state index contributed by atoms with van der Waals surface area (Å²) < 4.78 is 32.6. The number of nitrogens with one attached hydrogen (secondary N) is 3. The minimum atomic E-state index is -3.74. The molecule has 1 atom stereocenters. The number of halogens is 1. The third kappa shape index (κ3) is 5.60. The smallest absolute Gasteiger partial charge is 0.261 e. The van der Waals surface area contributed by atoms with Crippen LogP contribution >= 0.6 is 12.4 Å². The monoisotopic (exact) mass is 425 g/mol. The number of piperidine rings is 1. The van der Waals surface area contributed by atoms with E-state index in [0.717, 1.165) is 25.9 Å². The Hall–Kier alpha value is -2.29. The van der Waals surface area contributed by atoms with Crippen molar-refractivity contribution < 1.29 is 17.9 Å². The first kappa shape index (κ1) is 22.0. The third-order valence-electron chi connectivity index (χ3n) is 4.40. The molecule has 1 saturated heterocycles. The second kappa shape index (κ2) is 9.77. The van der Waals surface area contributed by atoms with Gasteiger partial charge in [-0.3, -0.25) is 9.52 Å². The number of methoxy groups -OCH3 is 1. The Labute approximate surface area is 171 Å². The van der Waals surface area contributed by atoms with Gasteiger partial charge in [0.25, 0.3) is 15.9 Å². The molecule has 2 aromatic rings. The number of ether oxygens (including phenoxy) is 1. The molecule has 1 amide bonds. The van der Waals surface area contributed by atoms with Gasteiger partial charge in [0.1, 0.15) is 5.75 Å². The fourth-order valence-corrected chi connectivity index (χ4v) is 3.96. The maximum absolute atomic E-state index is 12.5. The van der Waals surface area contributed by atoms with Crippen LogP contribution in [0.2, 0.25) is 0 Å². The molecule has 9 heteroatoms. The highest BCUT2D eigenvalue weighted by atomic mass is 35.5. The molecule has 0 bridgehead atoms. The molecule has 3 N–H and O–H groups in total. The van der Waals surface area contributed by atoms with E-state index in [0.29, 0.717) is 17.0 Å². The van der Waals surface area contributed by atoms with Crippen LogP contribution in [0.1, 0.15) is 23.2 Å². The predicted molar refractivity (Wildman–Crippen MR) is 111 cm³/mol. The average molecular weight is 426 g/mol. The van der Waals surface area contributed by atoms with Crippen molar-refractivity contribution in [2.24, 2.45) is 0 Å². The maximum Gasteiger partial charge on any atom is 0.261 e. The summed E-state index contributed by atoms with van der Waals surface area (Å²) in [5.41, 5.74) is 0.867. The van der Waals surface area contributed by atoms with Crippen LogP contribution in [0.3, 0.4) is 0 Å². The number of sulfonamides is 1. The minimum absolute atomic E-state index is 0. The predicted octanol–water partition coefficient (Wildman–Crippen LogP) is 2.40. The van der Waals surface area contributed by atoms with Crippen LogP contribution in [0.25, 0.3) is 0 Å². The van der Waals surface area contributed by atoms with Gasteiger partial charge in [-0.25, -0.2) is 8.42 Å². The van der Waals surface area contributed by atoms with Gasteiger partial charge in [0.2, 0.25) is 0 Å². The van der Waals surface area contributed by atoms with Gasteiger partial charge in [-0.1, -0.05) is 0 Å². The normalized spacial score (nSPS) is 16.5. The van der Waals surface area contributed by atoms with Gasteiger partial charge < -0.3 is 15.4 Å². The molecule has 28 heavy (non-hydrogen) atoms. The highest BCUT2D eigenvalue weighted by Gasteiger charge is 2.18. The molecule has 1 aliphatic heterocycles. The number of benzene rings is 2. The zero-order chi connectivity index (χ0) is 19.3. The second-order valence-electron chi connectivity index (χ2n) is 6.38. The van der Waals surface area contributed by atoms with Crippen molar-refractivity contribution in [1.82, 2.24) is 10.6 Å². The Morgan fingerprint density at radius 2 is 1.79 bits per heavy atom. The maximum atomic E-state index is 12.5. The van der Waals surface area contributed by atoms with Gasteiger partial charge in [0.15, 0.2) is 0 Å². The number of carbonyl (C=O) groups excluding carboxylic acids is 1. The molecule has 0 aromatic heterocycles. The summed E-state index contributed by atoms with van der Waals surface area (Å²) in [6, 6.07) is 12.6. The molecular formula is C19H24ClN3O4S. The molecule has 0 aliphatic carbocycles. The Morgan fingerprint density at radius 3 is 2.36 bits per heavy atom. The number of hydrogen-bond acceptors (Lipinski definition) is 5. The van der Waals surface area contributed by atoms with Crippen LogP contribution in [0.4, 0.5) is 5.69 Å². The van der Waals surface area contributed by atoms with Crippen molar-refractivity contribution >= 4 is 34.0 Å². The van der Waals surface area contributed by atoms with Crippen LogP contribution < -0.4 is 20.1 Å². The van der Waals surface area contributed by atoms with Gasteiger partial charge in [0, 0.05) is 23.8 Å². The van der Waals surface area contributed by atoms with Crippen LogP contribution in [-0.2, 0) is 10.0 Å². The van der Waals surface area contributed by atoms with Crippen molar-refractivity contribution in [3.05, 3.63) is 54.1 Å². The van der Waals surface area contributed by atoms with Gasteiger partial charge >= 0.3 is 0 Å². The second-order valence-corrected chi connectivity index (χ2v) is 8.06. The summed E-state index contributed by atoms with van der Waals surface area (Å²) in [7, 11) is -2.19. The highest BCUT2D eigenvalue weighted by molar-refractivity contribution is 7.92. The van der Waals surface area contributed by atoms with Crippen molar-refractivity contribution in [2.45, 2.75) is 23.8 Å². The Morgan fingerprint density at radius 1 is 1.11 bits per heavy atom. The zero-order valence-electron chi connectivity index (χ0n) is 15.5. The summed E-state index contributed by atoms with van der Waals surface area (Å²) in [5.74, 6) is 0.442. The first-order chi connectivity index (χ1) is 13.0. The lowest BCUT2D eigenvalue weighted by Crippen LogP contribution is -2.45. The van der Waals surface area contributed by atoms with E-state index in [9.17, 15) is 13.2 Å². The fraction of sp³-hybridized carbons (Fsp3) is 0.316. The number of hydrogen-bond donors (Lipinski definition) is 3. The Kier molecular flexibility index (Phi) is 7.68. The molecule has 0 radical (unpaired) electrons. The van der Waals surface area contributed by atoms with E-state index in [1.807, 2.05) is 0 Å². The highest BCUT2D eigenvalue weighted by Crippen LogP contribution is 2.19. The van der Waals surface area contributed by atoms with Crippen molar-refractivity contribution in [1.29, 1.82) is 0 Å². The van der Waals surface area contributed by atoms with Crippen LogP contribution in [0.15, 0.2) is 53.4 Å². The first-order valence-electron chi connectivity index (χ1n) is 8.76. The topological polar surface area (TPSA) is 96.5 Å². The lowest BCUT2D eigenvalue weighted by Gasteiger charge is -2.23. The van der Waals surface area contributed by atoms with E-state index >= 15 is 0 Å². The standard InChI is InChI=1S/C19H23N3O4S.ClH/c1-26-17-8-6-15(7-9-17)22-27(24,25)18-10-4-14(5-11-18)19(23)21-16-3-2-12-20-13-16;/h4-11,16,20,22H,2-3,12-13H2,1H3,(H,21,23);1H/t16-;/m0./s1. The quantitative estimate of drug-likeness (QED) is 0.660. The number of anilines is 1. The summed E-state index contributed by atoms with van der Waals surface area (Å²) in [6.45, 7) is 1.73. The SMILES string of the molecule is COc1ccc(NS(=O)(=O)c2ccc(C(=O)N[C@H]3CCCNC3)cc2)cc1.Cl. The van der Waals surface area contributed by atoms with Gasteiger partial charge in [-0.2, -0.15) is 0 Å².